The third kappa shape index (κ3) is 4.93. The number of aromatic nitrogens is 2. The fourth-order valence-corrected chi connectivity index (χ4v) is 3.71. The van der Waals surface area contributed by atoms with E-state index in [1.807, 2.05) is 13.0 Å². The first-order valence-electron chi connectivity index (χ1n) is 10.3. The molecule has 5 nitrogen and oxygen atoms in total. The molecule has 0 amide bonds. The summed E-state index contributed by atoms with van der Waals surface area (Å²) in [4.78, 5) is 14.3. The summed E-state index contributed by atoms with van der Waals surface area (Å²) in [5, 5.41) is 3.49. The lowest BCUT2D eigenvalue weighted by atomic mass is 10.1. The van der Waals surface area contributed by atoms with E-state index < -0.39 is 0 Å². The quantitative estimate of drug-likeness (QED) is 0.700. The van der Waals surface area contributed by atoms with E-state index in [0.29, 0.717) is 0 Å². The molecule has 0 saturated carbocycles. The van der Waals surface area contributed by atoms with Gasteiger partial charge in [-0.1, -0.05) is 42.5 Å². The molecule has 0 bridgehead atoms. The Labute approximate surface area is 173 Å². The van der Waals surface area contributed by atoms with Crippen molar-refractivity contribution in [3.63, 3.8) is 0 Å². The molecule has 1 aliphatic heterocycles. The number of piperazine rings is 1. The number of nitrogens with zero attached hydrogens (tertiary/aromatic N) is 4. The fraction of sp³-hybridized carbons (Fsp3) is 0.333. The second-order valence-electron chi connectivity index (χ2n) is 7.89. The zero-order chi connectivity index (χ0) is 20.2. The highest BCUT2D eigenvalue weighted by molar-refractivity contribution is 5.62. The van der Waals surface area contributed by atoms with E-state index >= 15 is 0 Å². The molecule has 0 aliphatic carbocycles. The first-order valence-corrected chi connectivity index (χ1v) is 10.3. The highest BCUT2D eigenvalue weighted by Gasteiger charge is 2.20. The second kappa shape index (κ2) is 8.62. The van der Waals surface area contributed by atoms with Gasteiger partial charge in [0.1, 0.15) is 5.82 Å². The number of hydrogen-bond donors (Lipinski definition) is 1. The number of nitrogens with one attached hydrogen (secondary N) is 1. The molecule has 2 aromatic carbocycles. The van der Waals surface area contributed by atoms with Crippen molar-refractivity contribution in [1.29, 1.82) is 0 Å². The average Bonchev–Trinajstić information content (AvgIpc) is 2.72. The Balaban J connectivity index is 1.43. The predicted molar refractivity (Wildman–Crippen MR) is 120 cm³/mol. The summed E-state index contributed by atoms with van der Waals surface area (Å²) < 4.78 is 0. The van der Waals surface area contributed by atoms with Crippen molar-refractivity contribution >= 4 is 17.5 Å². The topological polar surface area (TPSA) is 44.3 Å². The third-order valence-corrected chi connectivity index (χ3v) is 5.40. The van der Waals surface area contributed by atoms with Crippen molar-refractivity contribution in [2.24, 2.45) is 0 Å². The van der Waals surface area contributed by atoms with Crippen molar-refractivity contribution in [3.8, 4) is 0 Å². The maximum absolute atomic E-state index is 4.82. The van der Waals surface area contributed by atoms with Gasteiger partial charge >= 0.3 is 0 Å². The van der Waals surface area contributed by atoms with Crippen LogP contribution in [0.15, 0.2) is 54.6 Å². The number of aryl methyl sites for hydroxylation is 3. The Morgan fingerprint density at radius 1 is 0.862 bits per heavy atom. The Morgan fingerprint density at radius 2 is 1.62 bits per heavy atom. The van der Waals surface area contributed by atoms with Crippen LogP contribution in [0.4, 0.5) is 17.5 Å². The Morgan fingerprint density at radius 3 is 2.38 bits per heavy atom. The molecule has 2 heterocycles. The van der Waals surface area contributed by atoms with Crippen molar-refractivity contribution in [3.05, 3.63) is 77.0 Å². The van der Waals surface area contributed by atoms with Crippen molar-refractivity contribution in [1.82, 2.24) is 14.9 Å². The molecule has 3 aromatic rings. The van der Waals surface area contributed by atoms with Gasteiger partial charge < -0.3 is 10.2 Å². The van der Waals surface area contributed by atoms with Crippen LogP contribution in [-0.4, -0.2) is 41.0 Å². The van der Waals surface area contributed by atoms with Crippen molar-refractivity contribution < 1.29 is 0 Å². The van der Waals surface area contributed by atoms with Gasteiger partial charge in [0.2, 0.25) is 5.95 Å². The molecular weight excluding hydrogens is 358 g/mol. The molecule has 29 heavy (non-hydrogen) atoms. The maximum atomic E-state index is 4.82. The second-order valence-corrected chi connectivity index (χ2v) is 7.89. The van der Waals surface area contributed by atoms with Gasteiger partial charge in [-0.3, -0.25) is 4.90 Å². The van der Waals surface area contributed by atoms with E-state index in [-0.39, 0.29) is 0 Å². The number of rotatable bonds is 5. The summed E-state index contributed by atoms with van der Waals surface area (Å²) in [6.07, 6.45) is 0. The van der Waals surface area contributed by atoms with Gasteiger partial charge in [0.25, 0.3) is 0 Å². The fourth-order valence-electron chi connectivity index (χ4n) is 3.71. The summed E-state index contributed by atoms with van der Waals surface area (Å²) >= 11 is 0. The lowest BCUT2D eigenvalue weighted by Gasteiger charge is -2.35. The molecule has 5 heteroatoms. The van der Waals surface area contributed by atoms with Gasteiger partial charge in [-0.15, -0.1) is 0 Å². The van der Waals surface area contributed by atoms with E-state index in [0.717, 1.165) is 55.9 Å². The molecule has 0 radical (unpaired) electrons. The Hall–Kier alpha value is -2.92. The maximum Gasteiger partial charge on any atom is 0.227 e. The predicted octanol–water partition coefficient (Wildman–Crippen LogP) is 4.47. The monoisotopic (exact) mass is 387 g/mol. The minimum absolute atomic E-state index is 0.817. The van der Waals surface area contributed by atoms with Gasteiger partial charge in [0.15, 0.2) is 0 Å². The van der Waals surface area contributed by atoms with Gasteiger partial charge in [0, 0.05) is 50.2 Å². The Bertz CT molecular complexity index is 962. The summed E-state index contributed by atoms with van der Waals surface area (Å²) in [6.45, 7) is 11.2. The first-order chi connectivity index (χ1) is 14.1. The van der Waals surface area contributed by atoms with Crippen LogP contribution < -0.4 is 10.2 Å². The molecule has 0 atom stereocenters. The van der Waals surface area contributed by atoms with Crippen LogP contribution in [0.1, 0.15) is 22.4 Å². The molecule has 0 spiro atoms. The van der Waals surface area contributed by atoms with Crippen molar-refractivity contribution in [2.75, 3.05) is 36.4 Å². The molecule has 1 saturated heterocycles. The zero-order valence-corrected chi connectivity index (χ0v) is 17.5. The minimum atomic E-state index is 0.817. The van der Waals surface area contributed by atoms with E-state index in [4.69, 9.17) is 9.97 Å². The molecular formula is C24H29N5. The highest BCUT2D eigenvalue weighted by atomic mass is 15.3. The summed E-state index contributed by atoms with van der Waals surface area (Å²) in [5.41, 5.74) is 5.89. The number of hydrogen-bond acceptors (Lipinski definition) is 5. The average molecular weight is 388 g/mol. The molecule has 4 rings (SSSR count). The van der Waals surface area contributed by atoms with Gasteiger partial charge in [-0.05, 0) is 43.5 Å². The smallest absolute Gasteiger partial charge is 0.227 e. The van der Waals surface area contributed by atoms with Crippen LogP contribution in [0.25, 0.3) is 0 Å². The third-order valence-electron chi connectivity index (χ3n) is 5.40. The summed E-state index contributed by atoms with van der Waals surface area (Å²) in [5.74, 6) is 1.67. The van der Waals surface area contributed by atoms with Gasteiger partial charge in [-0.25, -0.2) is 4.98 Å². The zero-order valence-electron chi connectivity index (χ0n) is 17.5. The summed E-state index contributed by atoms with van der Waals surface area (Å²) in [6, 6.07) is 19.1. The van der Waals surface area contributed by atoms with Gasteiger partial charge in [0.05, 0.1) is 0 Å². The normalized spacial score (nSPS) is 14.8. The Kier molecular flexibility index (Phi) is 5.76. The molecule has 0 unspecified atom stereocenters. The van der Waals surface area contributed by atoms with Crippen LogP contribution >= 0.6 is 0 Å². The van der Waals surface area contributed by atoms with Crippen LogP contribution in [0.2, 0.25) is 0 Å². The molecule has 1 aromatic heterocycles. The SMILES string of the molecule is Cc1ccc(C)c(Nc2cc(C)nc(N3CCN(Cc4ccccc4)CC3)n2)c1. The van der Waals surface area contributed by atoms with Gasteiger partial charge in [-0.2, -0.15) is 4.98 Å². The van der Waals surface area contributed by atoms with Crippen LogP contribution in [0, 0.1) is 20.8 Å². The highest BCUT2D eigenvalue weighted by Crippen LogP contribution is 2.23. The lowest BCUT2D eigenvalue weighted by Crippen LogP contribution is -2.46. The minimum Gasteiger partial charge on any atom is -0.340 e. The van der Waals surface area contributed by atoms with Crippen LogP contribution in [0.5, 0.6) is 0 Å². The molecule has 150 valence electrons. The molecule has 1 N–H and O–H groups in total. The van der Waals surface area contributed by atoms with E-state index in [9.17, 15) is 0 Å². The van der Waals surface area contributed by atoms with E-state index in [1.54, 1.807) is 0 Å². The standard InChI is InChI=1S/C24H29N5/c1-18-9-10-19(2)22(15-18)26-23-16-20(3)25-24(27-23)29-13-11-28(12-14-29)17-21-7-5-4-6-8-21/h4-10,15-16H,11-14,17H2,1-3H3,(H,25,26,27). The number of anilines is 3. The van der Waals surface area contributed by atoms with Crippen LogP contribution in [-0.2, 0) is 6.54 Å². The molecule has 1 fully saturated rings. The van der Waals surface area contributed by atoms with E-state index in [1.165, 1.54) is 16.7 Å². The summed E-state index contributed by atoms with van der Waals surface area (Å²) in [7, 11) is 0. The first kappa shape index (κ1) is 19.4. The van der Waals surface area contributed by atoms with E-state index in [2.05, 4.69) is 77.5 Å². The largest absolute Gasteiger partial charge is 0.340 e. The number of benzene rings is 2. The lowest BCUT2D eigenvalue weighted by molar-refractivity contribution is 0.248. The van der Waals surface area contributed by atoms with Crippen LogP contribution in [0.3, 0.4) is 0 Å². The molecule has 1 aliphatic rings. The van der Waals surface area contributed by atoms with Crippen molar-refractivity contribution in [2.45, 2.75) is 27.3 Å².